The third kappa shape index (κ3) is 6.29. The van der Waals surface area contributed by atoms with Gasteiger partial charge in [0.2, 0.25) is 0 Å². The zero-order valence-electron chi connectivity index (χ0n) is 22.3. The van der Waals surface area contributed by atoms with Crippen molar-refractivity contribution < 1.29 is 24.1 Å². The number of benzene rings is 3. The number of carbonyl (C=O) groups is 1. The molecule has 204 valence electrons. The molecule has 0 aliphatic heterocycles. The van der Waals surface area contributed by atoms with E-state index >= 15 is 0 Å². The van der Waals surface area contributed by atoms with Crippen molar-refractivity contribution in [2.45, 2.75) is 18.8 Å². The number of aromatic carboxylic acids is 1. The fourth-order valence-corrected chi connectivity index (χ4v) is 5.08. The van der Waals surface area contributed by atoms with Gasteiger partial charge in [-0.1, -0.05) is 54.1 Å². The molecule has 0 radical (unpaired) electrons. The van der Waals surface area contributed by atoms with Gasteiger partial charge in [-0.05, 0) is 72.0 Å². The Kier molecular flexibility index (Phi) is 8.37. The van der Waals surface area contributed by atoms with E-state index < -0.39 is 5.97 Å². The first-order chi connectivity index (χ1) is 19.5. The summed E-state index contributed by atoms with van der Waals surface area (Å²) in [7, 11) is 3.19. The minimum Gasteiger partial charge on any atom is -0.501 e. The summed E-state index contributed by atoms with van der Waals surface area (Å²) in [5, 5.41) is 11.2. The van der Waals surface area contributed by atoms with Crippen LogP contribution in [-0.2, 0) is 4.74 Å². The first kappa shape index (κ1) is 27.3. The van der Waals surface area contributed by atoms with Crippen LogP contribution in [0.25, 0.3) is 23.1 Å². The van der Waals surface area contributed by atoms with Crippen LogP contribution in [-0.4, -0.2) is 36.9 Å². The molecular weight excluding hydrogens is 526 g/mol. The van der Waals surface area contributed by atoms with Gasteiger partial charge in [-0.2, -0.15) is 0 Å². The summed E-state index contributed by atoms with van der Waals surface area (Å²) in [6.45, 7) is 0.333. The van der Waals surface area contributed by atoms with Gasteiger partial charge in [0.05, 0.1) is 37.8 Å². The predicted molar refractivity (Wildman–Crippen MR) is 158 cm³/mol. The van der Waals surface area contributed by atoms with E-state index in [1.54, 1.807) is 19.2 Å². The smallest absolute Gasteiger partial charge is 0.339 e. The first-order valence-electron chi connectivity index (χ1n) is 13.1. The van der Waals surface area contributed by atoms with Gasteiger partial charge in [0, 0.05) is 22.7 Å². The van der Waals surface area contributed by atoms with Gasteiger partial charge in [0.15, 0.2) is 0 Å². The Morgan fingerprint density at radius 3 is 2.67 bits per heavy atom. The number of aromatic nitrogens is 1. The number of hydrogen-bond donors (Lipinski definition) is 1. The Labute approximate surface area is 238 Å². The third-order valence-corrected chi connectivity index (χ3v) is 7.27. The van der Waals surface area contributed by atoms with Crippen LogP contribution in [0.5, 0.6) is 11.5 Å². The summed E-state index contributed by atoms with van der Waals surface area (Å²) in [6, 6.07) is 23.0. The van der Waals surface area contributed by atoms with Gasteiger partial charge in [-0.15, -0.1) is 0 Å². The van der Waals surface area contributed by atoms with Crippen LogP contribution in [0.1, 0.15) is 45.9 Å². The molecule has 1 N–H and O–H groups in total. The number of halogens is 1. The third-order valence-electron chi connectivity index (χ3n) is 7.03. The predicted octanol–water partition coefficient (Wildman–Crippen LogP) is 7.87. The minimum atomic E-state index is -1.06. The number of carboxylic acid groups (broad SMARTS) is 1. The highest BCUT2D eigenvalue weighted by molar-refractivity contribution is 6.31. The average Bonchev–Trinajstić information content (AvgIpc) is 3.76. The summed E-state index contributed by atoms with van der Waals surface area (Å²) >= 11 is 6.15. The standard InChI is InChI=1S/C33H30ClNO5/c1-38-25-15-16-32(29(19-25)33(36)37)40-17-5-8-31(39-2)28-20-27(28)26-7-4-3-6-21(26)10-13-24-14-11-22-9-12-23(34)18-30(22)35-24/h3-4,6-16,18-19,27-28H,5,17,20H2,1-2H3,(H,36,37)/b13-10+,31-8?/t27-,28+/m1/s1. The molecule has 3 aromatic carbocycles. The summed E-state index contributed by atoms with van der Waals surface area (Å²) in [4.78, 5) is 16.3. The summed E-state index contributed by atoms with van der Waals surface area (Å²) < 4.78 is 16.6. The van der Waals surface area contributed by atoms with E-state index in [1.807, 2.05) is 42.5 Å². The zero-order chi connectivity index (χ0) is 28.1. The number of rotatable bonds is 11. The van der Waals surface area contributed by atoms with Crippen molar-refractivity contribution in [3.8, 4) is 11.5 Å². The fourth-order valence-electron chi connectivity index (χ4n) is 4.91. The molecule has 1 aliphatic rings. The minimum absolute atomic E-state index is 0.0740. The van der Waals surface area contributed by atoms with Crippen molar-refractivity contribution >= 4 is 40.6 Å². The Bertz CT molecular complexity index is 1600. The molecule has 0 saturated heterocycles. The van der Waals surface area contributed by atoms with Crippen molar-refractivity contribution in [3.05, 3.63) is 112 Å². The van der Waals surface area contributed by atoms with Crippen LogP contribution < -0.4 is 9.47 Å². The van der Waals surface area contributed by atoms with Gasteiger partial charge < -0.3 is 19.3 Å². The van der Waals surface area contributed by atoms with Crippen molar-refractivity contribution in [2.75, 3.05) is 20.8 Å². The molecule has 0 bridgehead atoms. The Morgan fingerprint density at radius 2 is 1.88 bits per heavy atom. The summed E-state index contributed by atoms with van der Waals surface area (Å²) in [5.41, 5.74) is 4.25. The van der Waals surface area contributed by atoms with E-state index in [-0.39, 0.29) is 11.5 Å². The maximum atomic E-state index is 11.6. The van der Waals surface area contributed by atoms with Crippen molar-refractivity contribution in [1.82, 2.24) is 4.98 Å². The molecule has 1 heterocycles. The number of fused-ring (bicyclic) bond motifs is 1. The quantitative estimate of drug-likeness (QED) is 0.150. The Balaban J connectivity index is 1.24. The van der Waals surface area contributed by atoms with E-state index in [0.717, 1.165) is 34.3 Å². The number of hydrogen-bond acceptors (Lipinski definition) is 5. The van der Waals surface area contributed by atoms with Crippen LogP contribution in [0.15, 0.2) is 84.6 Å². The number of pyridine rings is 1. The second kappa shape index (κ2) is 12.3. The molecule has 4 aromatic rings. The molecule has 40 heavy (non-hydrogen) atoms. The lowest BCUT2D eigenvalue weighted by Gasteiger charge is -2.11. The molecule has 2 atom stereocenters. The molecule has 6 nitrogen and oxygen atoms in total. The molecule has 0 spiro atoms. The average molecular weight is 556 g/mol. The number of carboxylic acids is 1. The highest BCUT2D eigenvalue weighted by atomic mass is 35.5. The molecule has 1 saturated carbocycles. The Hall–Kier alpha value is -4.29. The highest BCUT2D eigenvalue weighted by Gasteiger charge is 2.42. The highest BCUT2D eigenvalue weighted by Crippen LogP contribution is 2.53. The van der Waals surface area contributed by atoms with Gasteiger partial charge in [0.1, 0.15) is 17.1 Å². The van der Waals surface area contributed by atoms with Crippen LogP contribution >= 0.6 is 11.6 Å². The number of nitrogens with zero attached hydrogens (tertiary/aromatic N) is 1. The first-order valence-corrected chi connectivity index (χ1v) is 13.5. The number of ether oxygens (including phenoxy) is 3. The zero-order valence-corrected chi connectivity index (χ0v) is 23.1. The summed E-state index contributed by atoms with van der Waals surface area (Å²) in [6.07, 6.45) is 7.78. The Morgan fingerprint density at radius 1 is 1.05 bits per heavy atom. The number of methoxy groups -OCH3 is 2. The van der Waals surface area contributed by atoms with Gasteiger partial charge in [-0.25, -0.2) is 9.78 Å². The van der Waals surface area contributed by atoms with Crippen molar-refractivity contribution in [2.24, 2.45) is 5.92 Å². The van der Waals surface area contributed by atoms with Crippen LogP contribution in [0.3, 0.4) is 0 Å². The van der Waals surface area contributed by atoms with Crippen LogP contribution in [0.4, 0.5) is 0 Å². The van der Waals surface area contributed by atoms with Gasteiger partial charge in [-0.3, -0.25) is 0 Å². The molecular formula is C33H30ClNO5. The monoisotopic (exact) mass is 555 g/mol. The maximum Gasteiger partial charge on any atom is 0.339 e. The van der Waals surface area contributed by atoms with Crippen molar-refractivity contribution in [1.29, 1.82) is 0 Å². The van der Waals surface area contributed by atoms with E-state index in [1.165, 1.54) is 18.7 Å². The normalized spacial score (nSPS) is 16.7. The molecule has 1 fully saturated rings. The van der Waals surface area contributed by atoms with E-state index in [4.69, 9.17) is 30.8 Å². The molecule has 0 amide bonds. The second-order valence-electron chi connectivity index (χ2n) is 9.60. The van der Waals surface area contributed by atoms with E-state index in [9.17, 15) is 9.90 Å². The fraction of sp³-hybridized carbons (Fsp3) is 0.212. The molecule has 7 heteroatoms. The van der Waals surface area contributed by atoms with E-state index in [2.05, 4.69) is 30.3 Å². The lowest BCUT2D eigenvalue weighted by Crippen LogP contribution is -2.05. The molecule has 1 aromatic heterocycles. The van der Waals surface area contributed by atoms with Crippen molar-refractivity contribution in [3.63, 3.8) is 0 Å². The SMILES string of the molecule is COC(=CCCOc1ccc(OC)cc1C(=O)O)[C@H]1C[C@@H]1c1ccccc1/C=C/c1ccc2ccc(Cl)cc2n1. The second-order valence-corrected chi connectivity index (χ2v) is 10.0. The van der Waals surface area contributed by atoms with Crippen LogP contribution in [0, 0.1) is 5.92 Å². The maximum absolute atomic E-state index is 11.6. The lowest BCUT2D eigenvalue weighted by atomic mass is 10.0. The van der Waals surface area contributed by atoms with Gasteiger partial charge in [0.25, 0.3) is 0 Å². The summed E-state index contributed by atoms with van der Waals surface area (Å²) in [5.74, 6) is 1.30. The largest absolute Gasteiger partial charge is 0.501 e. The van der Waals surface area contributed by atoms with Gasteiger partial charge >= 0.3 is 5.97 Å². The molecule has 5 rings (SSSR count). The molecule has 1 aliphatic carbocycles. The topological polar surface area (TPSA) is 77.9 Å². The number of allylic oxidation sites excluding steroid dienone is 1. The lowest BCUT2D eigenvalue weighted by molar-refractivity contribution is 0.0692. The van der Waals surface area contributed by atoms with Crippen LogP contribution in [0.2, 0.25) is 5.02 Å². The molecule has 0 unspecified atom stereocenters. The van der Waals surface area contributed by atoms with E-state index in [0.29, 0.717) is 35.5 Å².